The van der Waals surface area contributed by atoms with Crippen LogP contribution >= 0.6 is 23.1 Å². The van der Waals surface area contributed by atoms with Crippen LogP contribution in [0.15, 0.2) is 44.8 Å². The molecule has 1 aromatic carbocycles. The van der Waals surface area contributed by atoms with Gasteiger partial charge in [0, 0.05) is 11.8 Å². The van der Waals surface area contributed by atoms with E-state index < -0.39 is 6.10 Å². The van der Waals surface area contributed by atoms with Crippen molar-refractivity contribution in [2.45, 2.75) is 30.4 Å². The zero-order valence-corrected chi connectivity index (χ0v) is 16.9. The van der Waals surface area contributed by atoms with E-state index in [2.05, 4.69) is 20.3 Å². The molecule has 0 saturated carbocycles. The highest BCUT2D eigenvalue weighted by Crippen LogP contribution is 2.36. The van der Waals surface area contributed by atoms with Gasteiger partial charge in [-0.3, -0.25) is 4.79 Å². The number of aryl methyl sites for hydroxylation is 1. The lowest BCUT2D eigenvalue weighted by Gasteiger charge is -2.23. The maximum atomic E-state index is 12.2. The van der Waals surface area contributed by atoms with E-state index in [1.807, 2.05) is 31.2 Å². The summed E-state index contributed by atoms with van der Waals surface area (Å²) in [5.41, 5.74) is 0.441. The molecule has 9 nitrogen and oxygen atoms in total. The number of rotatable bonds is 5. The average molecular weight is 429 g/mol. The molecular formula is C18H15N5O4S2. The third-order valence-electron chi connectivity index (χ3n) is 4.19. The predicted molar refractivity (Wildman–Crippen MR) is 106 cm³/mol. The molecule has 0 spiro atoms. The van der Waals surface area contributed by atoms with Crippen LogP contribution in [0.5, 0.6) is 11.5 Å². The number of aromatic nitrogens is 5. The highest BCUT2D eigenvalue weighted by molar-refractivity contribution is 7.98. The number of nitrogens with zero attached hydrogens (tertiary/aromatic N) is 5. The van der Waals surface area contributed by atoms with Gasteiger partial charge in [-0.05, 0) is 18.6 Å². The SMILES string of the molecule is CCc1nn2c(=O)cc(CSc3nnc([C@H]4COc5ccccc5O4)o3)nc2s1. The first-order valence-corrected chi connectivity index (χ1v) is 10.7. The summed E-state index contributed by atoms with van der Waals surface area (Å²) >= 11 is 2.72. The molecule has 0 amide bonds. The zero-order chi connectivity index (χ0) is 19.8. The van der Waals surface area contributed by atoms with Crippen molar-refractivity contribution in [1.82, 2.24) is 24.8 Å². The molecule has 5 rings (SSSR count). The lowest BCUT2D eigenvalue weighted by Crippen LogP contribution is -2.21. The van der Waals surface area contributed by atoms with Crippen molar-refractivity contribution >= 4 is 28.1 Å². The van der Waals surface area contributed by atoms with Crippen molar-refractivity contribution in [3.63, 3.8) is 0 Å². The van der Waals surface area contributed by atoms with E-state index in [0.29, 0.717) is 45.6 Å². The summed E-state index contributed by atoms with van der Waals surface area (Å²) in [6, 6.07) is 8.91. The van der Waals surface area contributed by atoms with Crippen LogP contribution in [-0.2, 0) is 12.2 Å². The minimum absolute atomic E-state index is 0.195. The van der Waals surface area contributed by atoms with Crippen molar-refractivity contribution in [2.24, 2.45) is 0 Å². The monoisotopic (exact) mass is 429 g/mol. The highest BCUT2D eigenvalue weighted by Gasteiger charge is 2.27. The molecule has 0 saturated heterocycles. The van der Waals surface area contributed by atoms with Crippen LogP contribution in [0.3, 0.4) is 0 Å². The van der Waals surface area contributed by atoms with Gasteiger partial charge in [-0.25, -0.2) is 4.98 Å². The molecule has 148 valence electrons. The number of hydrogen-bond donors (Lipinski definition) is 0. The molecule has 0 fully saturated rings. The number of thioether (sulfide) groups is 1. The molecule has 1 aliphatic rings. The number of fused-ring (bicyclic) bond motifs is 2. The first-order chi connectivity index (χ1) is 14.2. The second-order valence-corrected chi connectivity index (χ2v) is 8.16. The van der Waals surface area contributed by atoms with Gasteiger partial charge < -0.3 is 13.9 Å². The fourth-order valence-electron chi connectivity index (χ4n) is 2.80. The summed E-state index contributed by atoms with van der Waals surface area (Å²) in [4.78, 5) is 17.3. The van der Waals surface area contributed by atoms with E-state index in [-0.39, 0.29) is 5.56 Å². The van der Waals surface area contributed by atoms with Gasteiger partial charge in [-0.15, -0.1) is 10.2 Å². The van der Waals surface area contributed by atoms with Crippen molar-refractivity contribution in [2.75, 3.05) is 6.61 Å². The van der Waals surface area contributed by atoms with Gasteiger partial charge in [-0.2, -0.15) is 9.61 Å². The Hall–Kier alpha value is -2.92. The first kappa shape index (κ1) is 18.1. The summed E-state index contributed by atoms with van der Waals surface area (Å²) in [7, 11) is 0. The Balaban J connectivity index is 1.29. The van der Waals surface area contributed by atoms with Crippen molar-refractivity contribution in [3.05, 3.63) is 57.3 Å². The summed E-state index contributed by atoms with van der Waals surface area (Å²) in [5, 5.41) is 13.6. The van der Waals surface area contributed by atoms with Crippen LogP contribution in [0.2, 0.25) is 0 Å². The Morgan fingerprint density at radius 1 is 1.28 bits per heavy atom. The summed E-state index contributed by atoms with van der Waals surface area (Å²) in [5.74, 6) is 2.11. The predicted octanol–water partition coefficient (Wildman–Crippen LogP) is 2.90. The fourth-order valence-corrected chi connectivity index (χ4v) is 4.32. The molecule has 1 aliphatic heterocycles. The van der Waals surface area contributed by atoms with Crippen LogP contribution in [0, 0.1) is 0 Å². The Morgan fingerprint density at radius 3 is 3.00 bits per heavy atom. The van der Waals surface area contributed by atoms with Gasteiger partial charge in [0.15, 0.2) is 11.5 Å². The fraction of sp³-hybridized carbons (Fsp3) is 0.278. The van der Waals surface area contributed by atoms with Gasteiger partial charge >= 0.3 is 0 Å². The summed E-state index contributed by atoms with van der Waals surface area (Å²) in [6.45, 7) is 2.29. The van der Waals surface area contributed by atoms with Gasteiger partial charge in [0.2, 0.25) is 11.1 Å². The Morgan fingerprint density at radius 2 is 2.14 bits per heavy atom. The van der Waals surface area contributed by atoms with Crippen LogP contribution in [0.4, 0.5) is 0 Å². The number of benzene rings is 1. The van der Waals surface area contributed by atoms with Crippen LogP contribution in [-0.4, -0.2) is 31.4 Å². The average Bonchev–Trinajstić information content (AvgIpc) is 3.39. The molecule has 4 aromatic rings. The van der Waals surface area contributed by atoms with E-state index in [9.17, 15) is 4.79 Å². The minimum atomic E-state index is -0.462. The molecule has 29 heavy (non-hydrogen) atoms. The molecule has 0 radical (unpaired) electrons. The molecule has 0 N–H and O–H groups in total. The van der Waals surface area contributed by atoms with E-state index in [1.165, 1.54) is 33.7 Å². The molecule has 1 atom stereocenters. The third kappa shape index (κ3) is 3.58. The first-order valence-electron chi connectivity index (χ1n) is 8.93. The van der Waals surface area contributed by atoms with E-state index >= 15 is 0 Å². The lowest BCUT2D eigenvalue weighted by molar-refractivity contribution is 0.0686. The second kappa shape index (κ2) is 7.48. The molecule has 0 unspecified atom stereocenters. The minimum Gasteiger partial charge on any atom is -0.485 e. The zero-order valence-electron chi connectivity index (χ0n) is 15.3. The molecule has 4 heterocycles. The quantitative estimate of drug-likeness (QED) is 0.443. The van der Waals surface area contributed by atoms with Crippen LogP contribution in [0.25, 0.3) is 4.96 Å². The third-order valence-corrected chi connectivity index (χ3v) is 6.10. The van der Waals surface area contributed by atoms with E-state index in [0.717, 1.165) is 11.4 Å². The van der Waals surface area contributed by atoms with Gasteiger partial charge in [0.25, 0.3) is 16.7 Å². The number of hydrogen-bond acceptors (Lipinski definition) is 10. The largest absolute Gasteiger partial charge is 0.485 e. The maximum Gasteiger partial charge on any atom is 0.277 e. The Labute approximate surface area is 172 Å². The molecular weight excluding hydrogens is 414 g/mol. The van der Waals surface area contributed by atoms with Gasteiger partial charge in [-0.1, -0.05) is 42.2 Å². The normalized spacial score (nSPS) is 15.7. The van der Waals surface area contributed by atoms with Crippen molar-refractivity contribution in [3.8, 4) is 11.5 Å². The smallest absolute Gasteiger partial charge is 0.277 e. The summed E-state index contributed by atoms with van der Waals surface area (Å²) in [6.07, 6.45) is 0.301. The summed E-state index contributed by atoms with van der Waals surface area (Å²) < 4.78 is 18.6. The maximum absolute atomic E-state index is 12.2. The number of para-hydroxylation sites is 2. The van der Waals surface area contributed by atoms with E-state index in [1.54, 1.807) is 0 Å². The van der Waals surface area contributed by atoms with Crippen LogP contribution in [0.1, 0.15) is 29.6 Å². The topological polar surface area (TPSA) is 105 Å². The number of ether oxygens (including phenoxy) is 2. The second-order valence-electron chi connectivity index (χ2n) is 6.19. The van der Waals surface area contributed by atoms with Gasteiger partial charge in [0.05, 0.1) is 5.69 Å². The Bertz CT molecular complexity index is 1230. The van der Waals surface area contributed by atoms with Gasteiger partial charge in [0.1, 0.15) is 11.6 Å². The van der Waals surface area contributed by atoms with Crippen molar-refractivity contribution in [1.29, 1.82) is 0 Å². The van der Waals surface area contributed by atoms with Crippen LogP contribution < -0.4 is 15.0 Å². The highest BCUT2D eigenvalue weighted by atomic mass is 32.2. The van der Waals surface area contributed by atoms with Crippen molar-refractivity contribution < 1.29 is 13.9 Å². The molecule has 3 aromatic heterocycles. The standard InChI is InChI=1S/C18H15N5O4S2/c1-2-14-22-23-15(24)7-10(19-17(23)29-14)9-28-18-21-20-16(27-18)13-8-25-11-5-3-4-6-12(11)26-13/h3-7,13H,2,8-9H2,1H3/t13-/m1/s1. The lowest BCUT2D eigenvalue weighted by atomic mass is 10.2. The molecule has 0 bridgehead atoms. The molecule has 0 aliphatic carbocycles. The molecule has 11 heteroatoms. The Kier molecular flexibility index (Phi) is 4.68. The van der Waals surface area contributed by atoms with E-state index in [4.69, 9.17) is 13.9 Å².